The second kappa shape index (κ2) is 4.73. The van der Waals surface area contributed by atoms with Crippen LogP contribution in [0.4, 0.5) is 0 Å². The van der Waals surface area contributed by atoms with Gasteiger partial charge in [-0.15, -0.1) is 0 Å². The van der Waals surface area contributed by atoms with Crippen molar-refractivity contribution in [2.75, 3.05) is 7.11 Å². The fourth-order valence-electron chi connectivity index (χ4n) is 2.57. The molecule has 0 saturated heterocycles. The lowest BCUT2D eigenvalue weighted by Crippen LogP contribution is -2.22. The van der Waals surface area contributed by atoms with Gasteiger partial charge in [0.1, 0.15) is 0 Å². The molecule has 2 rings (SSSR count). The van der Waals surface area contributed by atoms with Gasteiger partial charge in [0.15, 0.2) is 0 Å². The van der Waals surface area contributed by atoms with Crippen molar-refractivity contribution < 1.29 is 9.53 Å². The van der Waals surface area contributed by atoms with E-state index in [0.717, 1.165) is 25.7 Å². The van der Waals surface area contributed by atoms with Crippen LogP contribution in [-0.2, 0) is 9.53 Å². The Labute approximate surface area is 96.2 Å². The van der Waals surface area contributed by atoms with Crippen molar-refractivity contribution in [1.82, 2.24) is 4.98 Å². The average Bonchev–Trinajstić information content (AvgIpc) is 2.75. The molecule has 0 unspecified atom stereocenters. The maximum Gasteiger partial charge on any atom is 0.308 e. The van der Waals surface area contributed by atoms with E-state index in [1.54, 1.807) is 0 Å². The molecule has 1 fully saturated rings. The largest absolute Gasteiger partial charge is 0.469 e. The summed E-state index contributed by atoms with van der Waals surface area (Å²) >= 11 is 0. The van der Waals surface area contributed by atoms with Crippen LogP contribution in [-0.4, -0.2) is 18.1 Å². The third-order valence-electron chi connectivity index (χ3n) is 3.55. The molecule has 0 radical (unpaired) electrons. The van der Waals surface area contributed by atoms with Crippen molar-refractivity contribution in [1.29, 1.82) is 0 Å². The lowest BCUT2D eigenvalue weighted by molar-refractivity contribution is -0.146. The zero-order chi connectivity index (χ0) is 11.5. The van der Waals surface area contributed by atoms with E-state index < -0.39 is 0 Å². The number of aryl methyl sites for hydroxylation is 1. The fraction of sp³-hybridized carbons (Fsp3) is 0.615. The highest BCUT2D eigenvalue weighted by atomic mass is 16.5. The molecule has 1 aromatic heterocycles. The van der Waals surface area contributed by atoms with E-state index in [4.69, 9.17) is 4.74 Å². The number of hydrogen-bond donors (Lipinski definition) is 1. The Kier molecular flexibility index (Phi) is 3.32. The van der Waals surface area contributed by atoms with Crippen LogP contribution in [0.1, 0.15) is 42.9 Å². The van der Waals surface area contributed by atoms with Crippen molar-refractivity contribution in [2.45, 2.75) is 38.5 Å². The number of H-pyrrole nitrogens is 1. The Hall–Kier alpha value is -1.25. The Bertz CT molecular complexity index is 362. The predicted octanol–water partition coefficient (Wildman–Crippen LogP) is 2.77. The third kappa shape index (κ3) is 2.29. The van der Waals surface area contributed by atoms with Crippen molar-refractivity contribution in [3.8, 4) is 0 Å². The van der Waals surface area contributed by atoms with Crippen LogP contribution in [0.25, 0.3) is 0 Å². The molecular weight excluding hydrogens is 202 g/mol. The highest BCUT2D eigenvalue weighted by molar-refractivity contribution is 5.72. The fourth-order valence-corrected chi connectivity index (χ4v) is 2.57. The Morgan fingerprint density at radius 2 is 2.06 bits per heavy atom. The van der Waals surface area contributed by atoms with Gasteiger partial charge >= 0.3 is 5.97 Å². The van der Waals surface area contributed by atoms with E-state index in [0.29, 0.717) is 5.92 Å². The van der Waals surface area contributed by atoms with Crippen LogP contribution in [0.2, 0.25) is 0 Å². The number of esters is 1. The summed E-state index contributed by atoms with van der Waals surface area (Å²) < 4.78 is 4.79. The quantitative estimate of drug-likeness (QED) is 0.780. The molecule has 1 aliphatic rings. The summed E-state index contributed by atoms with van der Waals surface area (Å²) in [6, 6.07) is 2.21. The lowest BCUT2D eigenvalue weighted by atomic mass is 9.80. The normalized spacial score (nSPS) is 25.4. The van der Waals surface area contributed by atoms with Crippen LogP contribution in [0.3, 0.4) is 0 Å². The molecule has 3 heteroatoms. The summed E-state index contributed by atoms with van der Waals surface area (Å²) in [7, 11) is 1.47. The minimum Gasteiger partial charge on any atom is -0.469 e. The molecule has 1 aromatic rings. The second-order valence-electron chi connectivity index (χ2n) is 4.70. The van der Waals surface area contributed by atoms with Crippen LogP contribution >= 0.6 is 0 Å². The summed E-state index contributed by atoms with van der Waals surface area (Å²) in [6.07, 6.45) is 6.12. The molecule has 0 aliphatic heterocycles. The first-order valence-corrected chi connectivity index (χ1v) is 5.93. The maximum absolute atomic E-state index is 11.4. The maximum atomic E-state index is 11.4. The van der Waals surface area contributed by atoms with Gasteiger partial charge in [0.05, 0.1) is 13.0 Å². The van der Waals surface area contributed by atoms with E-state index in [-0.39, 0.29) is 11.9 Å². The Balaban J connectivity index is 1.92. The molecule has 0 aromatic carbocycles. The molecule has 0 bridgehead atoms. The molecule has 1 N–H and O–H groups in total. The molecule has 0 spiro atoms. The van der Waals surface area contributed by atoms with Crippen LogP contribution < -0.4 is 0 Å². The van der Waals surface area contributed by atoms with Gasteiger partial charge in [-0.3, -0.25) is 4.79 Å². The van der Waals surface area contributed by atoms with Gasteiger partial charge in [-0.1, -0.05) is 0 Å². The third-order valence-corrected chi connectivity index (χ3v) is 3.55. The molecular formula is C13H19NO2. The summed E-state index contributed by atoms with van der Waals surface area (Å²) in [5, 5.41) is 0. The van der Waals surface area contributed by atoms with E-state index in [1.165, 1.54) is 18.4 Å². The average molecular weight is 221 g/mol. The number of nitrogens with one attached hydrogen (secondary N) is 1. The van der Waals surface area contributed by atoms with Gasteiger partial charge in [0.25, 0.3) is 0 Å². The first-order valence-electron chi connectivity index (χ1n) is 5.93. The minimum absolute atomic E-state index is 0.0406. The number of methoxy groups -OCH3 is 1. The predicted molar refractivity (Wildman–Crippen MR) is 62.2 cm³/mol. The van der Waals surface area contributed by atoms with Crippen molar-refractivity contribution in [2.24, 2.45) is 5.92 Å². The Morgan fingerprint density at radius 3 is 2.56 bits per heavy atom. The van der Waals surface area contributed by atoms with Crippen LogP contribution in [0.15, 0.2) is 12.3 Å². The minimum atomic E-state index is -0.0406. The summed E-state index contributed by atoms with van der Waals surface area (Å²) in [4.78, 5) is 14.7. The van der Waals surface area contributed by atoms with Gasteiger partial charge in [-0.05, 0) is 50.2 Å². The highest BCUT2D eigenvalue weighted by Gasteiger charge is 2.27. The zero-order valence-electron chi connectivity index (χ0n) is 9.95. The second-order valence-corrected chi connectivity index (χ2v) is 4.70. The summed E-state index contributed by atoms with van der Waals surface area (Å²) in [5.74, 6) is 0.674. The molecule has 88 valence electrons. The van der Waals surface area contributed by atoms with Crippen LogP contribution in [0, 0.1) is 12.8 Å². The zero-order valence-corrected chi connectivity index (χ0v) is 9.95. The first kappa shape index (κ1) is 11.2. The number of carbonyl (C=O) groups excluding carboxylic acids is 1. The van der Waals surface area contributed by atoms with Gasteiger partial charge in [-0.25, -0.2) is 0 Å². The number of aromatic amines is 1. The smallest absolute Gasteiger partial charge is 0.308 e. The molecule has 3 nitrogen and oxygen atoms in total. The van der Waals surface area contributed by atoms with Gasteiger partial charge in [0, 0.05) is 11.9 Å². The summed E-state index contributed by atoms with van der Waals surface area (Å²) in [5.41, 5.74) is 2.60. The number of hydrogen-bond acceptors (Lipinski definition) is 2. The first-order chi connectivity index (χ1) is 7.70. The topological polar surface area (TPSA) is 42.1 Å². The highest BCUT2D eigenvalue weighted by Crippen LogP contribution is 2.35. The number of carbonyl (C=O) groups is 1. The standard InChI is InChI=1S/C13H19NO2/c1-9-7-12(14-8-9)10-3-5-11(6-4-10)13(15)16-2/h7-8,10-11,14H,3-6H2,1-2H3. The lowest BCUT2D eigenvalue weighted by Gasteiger charge is -2.26. The monoisotopic (exact) mass is 221 g/mol. The van der Waals surface area contributed by atoms with Crippen molar-refractivity contribution in [3.63, 3.8) is 0 Å². The Morgan fingerprint density at radius 1 is 1.38 bits per heavy atom. The van der Waals surface area contributed by atoms with Gasteiger partial charge in [0.2, 0.25) is 0 Å². The molecule has 1 heterocycles. The van der Waals surface area contributed by atoms with E-state index in [2.05, 4.69) is 18.0 Å². The SMILES string of the molecule is COC(=O)C1CCC(c2cc(C)c[nH]2)CC1. The van der Waals surface area contributed by atoms with E-state index in [9.17, 15) is 4.79 Å². The van der Waals surface area contributed by atoms with Crippen molar-refractivity contribution in [3.05, 3.63) is 23.5 Å². The molecule has 1 saturated carbocycles. The van der Waals surface area contributed by atoms with Crippen molar-refractivity contribution >= 4 is 5.97 Å². The molecule has 0 atom stereocenters. The van der Waals surface area contributed by atoms with E-state index in [1.807, 2.05) is 6.20 Å². The number of rotatable bonds is 2. The molecule has 16 heavy (non-hydrogen) atoms. The number of ether oxygens (including phenoxy) is 1. The van der Waals surface area contributed by atoms with Crippen LogP contribution in [0.5, 0.6) is 0 Å². The molecule has 0 amide bonds. The van der Waals surface area contributed by atoms with Gasteiger partial charge in [-0.2, -0.15) is 0 Å². The molecule has 1 aliphatic carbocycles. The van der Waals surface area contributed by atoms with E-state index >= 15 is 0 Å². The van der Waals surface area contributed by atoms with Gasteiger partial charge < -0.3 is 9.72 Å². The summed E-state index contributed by atoms with van der Waals surface area (Å²) in [6.45, 7) is 2.10. The number of aromatic nitrogens is 1.